The second kappa shape index (κ2) is 13.7. The van der Waals surface area contributed by atoms with Crippen LogP contribution in [-0.2, 0) is 25.5 Å². The number of carbonyl (C=O) groups excluding carboxylic acids is 4. The molecule has 1 fully saturated rings. The average Bonchev–Trinajstić information content (AvgIpc) is 3.29. The van der Waals surface area contributed by atoms with E-state index in [0.29, 0.717) is 31.4 Å². The quantitative estimate of drug-likeness (QED) is 0.143. The van der Waals surface area contributed by atoms with Crippen LogP contribution in [0.2, 0.25) is 0 Å². The number of amides is 3. The lowest BCUT2D eigenvalue weighted by Gasteiger charge is -2.29. The van der Waals surface area contributed by atoms with Crippen LogP contribution in [0.3, 0.4) is 0 Å². The topological polar surface area (TPSA) is 169 Å². The van der Waals surface area contributed by atoms with Gasteiger partial charge in [-0.25, -0.2) is 4.79 Å². The molecule has 0 radical (unpaired) electrons. The molecule has 0 aromatic heterocycles. The first-order chi connectivity index (χ1) is 17.0. The molecule has 12 heteroatoms. The van der Waals surface area contributed by atoms with Crippen LogP contribution in [0, 0.1) is 0 Å². The standard InChI is InChI=1S/C24H36N6O5S/c1-24(2,3)35-23(34)29-18(12-16-8-5-4-6-9-16)21(33)30-15-36-14-19(30)20(32)28-17(13-31)10-7-11-27-22(25)26/h4-6,8-9,13,17-19H,7,10-12,14-15H2,1-3H3,(H,28,32)(H,29,34)(H4,25,26,27)/t17-,18+,19+/m0/s1. The van der Waals surface area contributed by atoms with Gasteiger partial charge >= 0.3 is 6.09 Å². The minimum Gasteiger partial charge on any atom is -0.444 e. The Balaban J connectivity index is 2.10. The van der Waals surface area contributed by atoms with E-state index in [-0.39, 0.29) is 18.3 Å². The Labute approximate surface area is 215 Å². The maximum absolute atomic E-state index is 13.6. The molecule has 0 aliphatic carbocycles. The molecule has 1 saturated heterocycles. The van der Waals surface area contributed by atoms with Gasteiger partial charge in [-0.1, -0.05) is 30.3 Å². The highest BCUT2D eigenvalue weighted by atomic mass is 32.2. The number of nitrogens with zero attached hydrogens (tertiary/aromatic N) is 2. The normalized spacial score (nSPS) is 17.0. The van der Waals surface area contributed by atoms with Gasteiger partial charge in [-0.05, 0) is 39.2 Å². The van der Waals surface area contributed by atoms with Crippen LogP contribution in [0.25, 0.3) is 0 Å². The van der Waals surface area contributed by atoms with Crippen LogP contribution in [0.1, 0.15) is 39.2 Å². The van der Waals surface area contributed by atoms with Gasteiger partial charge in [-0.3, -0.25) is 14.6 Å². The smallest absolute Gasteiger partial charge is 0.408 e. The zero-order valence-corrected chi connectivity index (χ0v) is 21.8. The molecule has 0 bridgehead atoms. The first-order valence-electron chi connectivity index (χ1n) is 11.7. The first kappa shape index (κ1) is 29.0. The summed E-state index contributed by atoms with van der Waals surface area (Å²) < 4.78 is 5.35. The molecule has 3 atom stereocenters. The summed E-state index contributed by atoms with van der Waals surface area (Å²) >= 11 is 1.43. The number of aldehydes is 1. The fraction of sp³-hybridized carbons (Fsp3) is 0.542. The molecule has 1 aliphatic rings. The third-order valence-corrected chi connectivity index (χ3v) is 6.21. The molecule has 36 heavy (non-hydrogen) atoms. The lowest BCUT2D eigenvalue weighted by molar-refractivity contribution is -0.140. The highest BCUT2D eigenvalue weighted by molar-refractivity contribution is 7.99. The highest BCUT2D eigenvalue weighted by Gasteiger charge is 2.39. The van der Waals surface area contributed by atoms with Crippen LogP contribution in [0.15, 0.2) is 35.3 Å². The van der Waals surface area contributed by atoms with Crippen molar-refractivity contribution in [3.63, 3.8) is 0 Å². The van der Waals surface area contributed by atoms with Crippen molar-refractivity contribution in [1.82, 2.24) is 15.5 Å². The van der Waals surface area contributed by atoms with Crippen molar-refractivity contribution < 1.29 is 23.9 Å². The predicted molar refractivity (Wildman–Crippen MR) is 139 cm³/mol. The van der Waals surface area contributed by atoms with E-state index >= 15 is 0 Å². The zero-order chi connectivity index (χ0) is 26.7. The molecule has 2 rings (SSSR count). The lowest BCUT2D eigenvalue weighted by Crippen LogP contribution is -2.56. The monoisotopic (exact) mass is 520 g/mol. The summed E-state index contributed by atoms with van der Waals surface area (Å²) in [7, 11) is 0. The van der Waals surface area contributed by atoms with Crippen molar-refractivity contribution in [2.75, 3.05) is 18.2 Å². The first-order valence-corrected chi connectivity index (χ1v) is 12.9. The maximum atomic E-state index is 13.6. The summed E-state index contributed by atoms with van der Waals surface area (Å²) in [5, 5.41) is 5.38. The molecule has 0 spiro atoms. The number of thioether (sulfide) groups is 1. The Hall–Kier alpha value is -3.28. The van der Waals surface area contributed by atoms with Crippen LogP contribution in [0.5, 0.6) is 0 Å². The van der Waals surface area contributed by atoms with Gasteiger partial charge in [0, 0.05) is 18.7 Å². The number of aliphatic imine (C=N–C) groups is 1. The van der Waals surface area contributed by atoms with Gasteiger partial charge < -0.3 is 36.5 Å². The predicted octanol–water partition coefficient (Wildman–Crippen LogP) is 0.761. The summed E-state index contributed by atoms with van der Waals surface area (Å²) in [5.41, 5.74) is 10.7. The third-order valence-electron chi connectivity index (χ3n) is 5.20. The number of ether oxygens (including phenoxy) is 1. The SMILES string of the molecule is CC(C)(C)OC(=O)N[C@H](Cc1ccccc1)C(=O)N1CSC[C@@H]1C(=O)N[C@H](C=O)CCCN=C(N)N. The molecule has 1 aromatic rings. The van der Waals surface area contributed by atoms with Gasteiger partial charge in [0.15, 0.2) is 5.96 Å². The third kappa shape index (κ3) is 9.76. The molecule has 11 nitrogen and oxygen atoms in total. The Morgan fingerprint density at radius 3 is 2.53 bits per heavy atom. The molecule has 6 N–H and O–H groups in total. The maximum Gasteiger partial charge on any atom is 0.408 e. The molecule has 1 aliphatic heterocycles. The van der Waals surface area contributed by atoms with E-state index in [1.54, 1.807) is 20.8 Å². The van der Waals surface area contributed by atoms with E-state index in [4.69, 9.17) is 16.2 Å². The number of rotatable bonds is 11. The van der Waals surface area contributed by atoms with Crippen LogP contribution >= 0.6 is 11.8 Å². The van der Waals surface area contributed by atoms with Gasteiger partial charge in [-0.2, -0.15) is 0 Å². The van der Waals surface area contributed by atoms with Gasteiger partial charge in [0.05, 0.1) is 11.9 Å². The lowest BCUT2D eigenvalue weighted by atomic mass is 10.0. The zero-order valence-electron chi connectivity index (χ0n) is 20.9. The molecule has 1 heterocycles. The number of hydrogen-bond donors (Lipinski definition) is 4. The summed E-state index contributed by atoms with van der Waals surface area (Å²) in [5.74, 6) is -0.201. The Morgan fingerprint density at radius 2 is 1.92 bits per heavy atom. The van der Waals surface area contributed by atoms with Crippen LogP contribution in [0.4, 0.5) is 4.79 Å². The molecule has 3 amide bonds. The number of nitrogens with one attached hydrogen (secondary N) is 2. The minimum atomic E-state index is -0.933. The molecule has 1 aromatic carbocycles. The van der Waals surface area contributed by atoms with E-state index < -0.39 is 41.6 Å². The summed E-state index contributed by atoms with van der Waals surface area (Å²) in [6.07, 6.45) is 1.03. The minimum absolute atomic E-state index is 0.0381. The fourth-order valence-electron chi connectivity index (χ4n) is 3.55. The summed E-state index contributed by atoms with van der Waals surface area (Å²) in [6, 6.07) is 6.83. The number of nitrogens with two attached hydrogens (primary N) is 2. The van der Waals surface area contributed by atoms with E-state index in [0.717, 1.165) is 5.56 Å². The average molecular weight is 521 g/mol. The van der Waals surface area contributed by atoms with Crippen LogP contribution in [-0.4, -0.2) is 77.0 Å². The number of carbonyl (C=O) groups is 4. The van der Waals surface area contributed by atoms with Gasteiger partial charge in [0.1, 0.15) is 24.0 Å². The molecular weight excluding hydrogens is 484 g/mol. The van der Waals surface area contributed by atoms with Crippen molar-refractivity contribution in [1.29, 1.82) is 0 Å². The summed E-state index contributed by atoms with van der Waals surface area (Å²) in [4.78, 5) is 55.8. The second-order valence-electron chi connectivity index (χ2n) is 9.41. The Bertz CT molecular complexity index is 933. The van der Waals surface area contributed by atoms with Crippen molar-refractivity contribution >= 4 is 41.9 Å². The van der Waals surface area contributed by atoms with Gasteiger partial charge in [0.2, 0.25) is 11.8 Å². The molecular formula is C24H36N6O5S. The number of alkyl carbamates (subject to hydrolysis) is 1. The van der Waals surface area contributed by atoms with Gasteiger partial charge in [-0.15, -0.1) is 11.8 Å². The summed E-state index contributed by atoms with van der Waals surface area (Å²) in [6.45, 7) is 5.54. The van der Waals surface area contributed by atoms with Crippen molar-refractivity contribution in [3.8, 4) is 0 Å². The van der Waals surface area contributed by atoms with Crippen molar-refractivity contribution in [2.24, 2.45) is 16.5 Å². The number of benzene rings is 1. The number of hydrogen-bond acceptors (Lipinski definition) is 7. The Kier molecular flexibility index (Phi) is 11.0. The number of guanidine groups is 1. The van der Waals surface area contributed by atoms with E-state index in [1.165, 1.54) is 16.7 Å². The van der Waals surface area contributed by atoms with Crippen LogP contribution < -0.4 is 22.1 Å². The van der Waals surface area contributed by atoms with Gasteiger partial charge in [0.25, 0.3) is 0 Å². The van der Waals surface area contributed by atoms with E-state index in [1.807, 2.05) is 30.3 Å². The van der Waals surface area contributed by atoms with E-state index in [9.17, 15) is 19.2 Å². The molecule has 0 unspecified atom stereocenters. The Morgan fingerprint density at radius 1 is 1.22 bits per heavy atom. The molecule has 198 valence electrons. The fourth-order valence-corrected chi connectivity index (χ4v) is 4.71. The van der Waals surface area contributed by atoms with Crippen molar-refractivity contribution in [2.45, 2.75) is 63.8 Å². The largest absolute Gasteiger partial charge is 0.444 e. The second-order valence-corrected chi connectivity index (χ2v) is 10.4. The highest BCUT2D eigenvalue weighted by Crippen LogP contribution is 2.23. The van der Waals surface area contributed by atoms with Crippen molar-refractivity contribution in [3.05, 3.63) is 35.9 Å². The van der Waals surface area contributed by atoms with E-state index in [2.05, 4.69) is 15.6 Å². The molecule has 0 saturated carbocycles.